The molecule has 0 saturated carbocycles. The first kappa shape index (κ1) is 25.1. The standard InChI is InChI=1S/C24H33N5O5/c1-6-13-34-23-26-21-20(22(32)28(5)24(33)27(21)4)29(23)12-8-9-19(31)25-17-14-16(15(3)7-2)10-11-18(17)30/h10-11,14-15,30H,6-9,12-13H2,1-5H3,(H,25,31). The zero-order valence-corrected chi connectivity index (χ0v) is 20.4. The molecule has 0 radical (unpaired) electrons. The molecule has 0 spiro atoms. The van der Waals surface area contributed by atoms with Gasteiger partial charge in [-0.05, 0) is 42.9 Å². The highest BCUT2D eigenvalue weighted by atomic mass is 16.5. The Balaban J connectivity index is 1.80. The summed E-state index contributed by atoms with van der Waals surface area (Å²) in [6.45, 7) is 6.84. The number of nitrogens with zero attached hydrogens (tertiary/aromatic N) is 4. The molecule has 2 N–H and O–H groups in total. The molecule has 1 amide bonds. The van der Waals surface area contributed by atoms with E-state index >= 15 is 0 Å². The summed E-state index contributed by atoms with van der Waals surface area (Å²) in [5, 5.41) is 12.9. The lowest BCUT2D eigenvalue weighted by Gasteiger charge is -2.13. The fraction of sp³-hybridized carbons (Fsp3) is 0.500. The smallest absolute Gasteiger partial charge is 0.332 e. The zero-order chi connectivity index (χ0) is 25.0. The van der Waals surface area contributed by atoms with Gasteiger partial charge >= 0.3 is 5.69 Å². The minimum Gasteiger partial charge on any atom is -0.506 e. The molecular formula is C24H33N5O5. The van der Waals surface area contributed by atoms with E-state index < -0.39 is 11.2 Å². The van der Waals surface area contributed by atoms with Crippen molar-refractivity contribution in [2.75, 3.05) is 11.9 Å². The van der Waals surface area contributed by atoms with Crippen LogP contribution in [0.5, 0.6) is 11.8 Å². The number of amides is 1. The maximum Gasteiger partial charge on any atom is 0.332 e. The number of benzene rings is 1. The molecule has 0 fully saturated rings. The van der Waals surface area contributed by atoms with Crippen LogP contribution in [0.2, 0.25) is 0 Å². The molecule has 10 nitrogen and oxygen atoms in total. The summed E-state index contributed by atoms with van der Waals surface area (Å²) in [5.41, 5.74) is 0.994. The first-order valence-corrected chi connectivity index (χ1v) is 11.6. The third kappa shape index (κ3) is 5.00. The first-order chi connectivity index (χ1) is 16.2. The number of aromatic nitrogens is 4. The maximum absolute atomic E-state index is 12.8. The number of imidazole rings is 1. The molecule has 0 aliphatic heterocycles. The Morgan fingerprint density at radius 1 is 1.21 bits per heavy atom. The van der Waals surface area contributed by atoms with E-state index in [1.165, 1.54) is 11.6 Å². The summed E-state index contributed by atoms with van der Waals surface area (Å²) in [6.07, 6.45) is 2.26. The molecule has 10 heteroatoms. The number of fused-ring (bicyclic) bond motifs is 1. The molecule has 34 heavy (non-hydrogen) atoms. The number of hydrogen-bond acceptors (Lipinski definition) is 6. The Hall–Kier alpha value is -3.56. The Kier molecular flexibility index (Phi) is 7.80. The second-order valence-corrected chi connectivity index (χ2v) is 8.51. The van der Waals surface area contributed by atoms with Gasteiger partial charge in [-0.15, -0.1) is 0 Å². The lowest BCUT2D eigenvalue weighted by molar-refractivity contribution is -0.116. The number of carbonyl (C=O) groups is 1. The monoisotopic (exact) mass is 471 g/mol. The predicted molar refractivity (Wildman–Crippen MR) is 131 cm³/mol. The van der Waals surface area contributed by atoms with Crippen molar-refractivity contribution >= 4 is 22.8 Å². The van der Waals surface area contributed by atoms with Crippen molar-refractivity contribution in [1.29, 1.82) is 0 Å². The second kappa shape index (κ2) is 10.6. The molecule has 2 heterocycles. The van der Waals surface area contributed by atoms with Gasteiger partial charge in [0.15, 0.2) is 11.2 Å². The van der Waals surface area contributed by atoms with Gasteiger partial charge in [-0.1, -0.05) is 26.8 Å². The van der Waals surface area contributed by atoms with Crippen LogP contribution in [0.1, 0.15) is 57.9 Å². The van der Waals surface area contributed by atoms with Crippen molar-refractivity contribution in [2.45, 2.75) is 58.9 Å². The van der Waals surface area contributed by atoms with Crippen molar-refractivity contribution < 1.29 is 14.6 Å². The third-order valence-electron chi connectivity index (χ3n) is 6.01. The zero-order valence-electron chi connectivity index (χ0n) is 20.4. The third-order valence-corrected chi connectivity index (χ3v) is 6.01. The van der Waals surface area contributed by atoms with Crippen molar-refractivity contribution in [2.24, 2.45) is 14.1 Å². The van der Waals surface area contributed by atoms with Crippen LogP contribution in [0.15, 0.2) is 27.8 Å². The Bertz CT molecular complexity index is 1300. The van der Waals surface area contributed by atoms with Crippen LogP contribution >= 0.6 is 0 Å². The summed E-state index contributed by atoms with van der Waals surface area (Å²) in [7, 11) is 2.97. The van der Waals surface area contributed by atoms with Crippen molar-refractivity contribution in [3.8, 4) is 11.8 Å². The number of nitrogens with one attached hydrogen (secondary N) is 1. The van der Waals surface area contributed by atoms with E-state index in [1.54, 1.807) is 23.7 Å². The highest BCUT2D eigenvalue weighted by Crippen LogP contribution is 2.29. The molecule has 0 aliphatic carbocycles. The molecular weight excluding hydrogens is 438 g/mol. The van der Waals surface area contributed by atoms with Crippen LogP contribution in [0.25, 0.3) is 11.2 Å². The Labute approximate surface area is 197 Å². The first-order valence-electron chi connectivity index (χ1n) is 11.6. The van der Waals surface area contributed by atoms with Gasteiger partial charge in [0.05, 0.1) is 12.3 Å². The van der Waals surface area contributed by atoms with Gasteiger partial charge in [0, 0.05) is 27.1 Å². The molecule has 1 aromatic carbocycles. The normalized spacial score (nSPS) is 12.1. The number of ether oxygens (including phenoxy) is 1. The topological polar surface area (TPSA) is 120 Å². The van der Waals surface area contributed by atoms with Crippen LogP contribution in [-0.2, 0) is 25.4 Å². The number of phenols is 1. The van der Waals surface area contributed by atoms with Crippen LogP contribution in [0.3, 0.4) is 0 Å². The fourth-order valence-corrected chi connectivity index (χ4v) is 3.74. The average molecular weight is 472 g/mol. The van der Waals surface area contributed by atoms with Gasteiger partial charge in [-0.25, -0.2) is 4.79 Å². The van der Waals surface area contributed by atoms with Gasteiger partial charge in [0.1, 0.15) is 5.75 Å². The lowest BCUT2D eigenvalue weighted by atomic mass is 9.98. The van der Waals surface area contributed by atoms with Crippen LogP contribution in [-0.4, -0.2) is 36.3 Å². The number of carbonyl (C=O) groups excluding carboxylic acids is 1. The number of hydrogen-bond donors (Lipinski definition) is 2. The molecule has 3 aromatic rings. The number of anilines is 1. The summed E-state index contributed by atoms with van der Waals surface area (Å²) >= 11 is 0. The molecule has 3 rings (SSSR count). The highest BCUT2D eigenvalue weighted by molar-refractivity contribution is 5.92. The van der Waals surface area contributed by atoms with E-state index in [0.717, 1.165) is 23.0 Å². The highest BCUT2D eigenvalue weighted by Gasteiger charge is 2.20. The predicted octanol–water partition coefficient (Wildman–Crippen LogP) is 2.86. The number of aryl methyl sites for hydroxylation is 2. The van der Waals surface area contributed by atoms with Gasteiger partial charge in [-0.3, -0.25) is 23.3 Å². The Morgan fingerprint density at radius 2 is 1.94 bits per heavy atom. The van der Waals surface area contributed by atoms with Gasteiger partial charge in [0.2, 0.25) is 5.91 Å². The van der Waals surface area contributed by atoms with Gasteiger partial charge in [-0.2, -0.15) is 4.98 Å². The average Bonchev–Trinajstić information content (AvgIpc) is 3.19. The van der Waals surface area contributed by atoms with Crippen molar-refractivity contribution in [3.63, 3.8) is 0 Å². The Morgan fingerprint density at radius 3 is 2.62 bits per heavy atom. The van der Waals surface area contributed by atoms with Crippen LogP contribution in [0, 0.1) is 0 Å². The number of aromatic hydroxyl groups is 1. The molecule has 1 atom stereocenters. The lowest BCUT2D eigenvalue weighted by Crippen LogP contribution is -2.37. The number of phenolic OH excluding ortho intramolecular Hbond substituents is 1. The molecule has 1 unspecified atom stereocenters. The molecule has 184 valence electrons. The molecule has 0 aliphatic rings. The van der Waals surface area contributed by atoms with E-state index in [0.29, 0.717) is 31.2 Å². The summed E-state index contributed by atoms with van der Waals surface area (Å²) in [5.74, 6) is 0.0731. The molecule has 2 aromatic heterocycles. The van der Waals surface area contributed by atoms with E-state index in [-0.39, 0.29) is 35.3 Å². The van der Waals surface area contributed by atoms with Gasteiger partial charge < -0.3 is 15.2 Å². The van der Waals surface area contributed by atoms with Crippen molar-refractivity contribution in [3.05, 3.63) is 44.6 Å². The molecule has 0 saturated heterocycles. The van der Waals surface area contributed by atoms with E-state index in [2.05, 4.69) is 24.1 Å². The number of rotatable bonds is 10. The second-order valence-electron chi connectivity index (χ2n) is 8.51. The minimum atomic E-state index is -0.469. The SMILES string of the molecule is CCCOc1nc2c(c(=O)n(C)c(=O)n2C)n1CCCC(=O)Nc1cc(C(C)CC)ccc1O. The summed E-state index contributed by atoms with van der Waals surface area (Å²) < 4.78 is 9.70. The largest absolute Gasteiger partial charge is 0.506 e. The van der Waals surface area contributed by atoms with E-state index in [9.17, 15) is 19.5 Å². The molecule has 0 bridgehead atoms. The summed E-state index contributed by atoms with van der Waals surface area (Å²) in [4.78, 5) is 42.1. The fourth-order valence-electron chi connectivity index (χ4n) is 3.74. The van der Waals surface area contributed by atoms with E-state index in [4.69, 9.17) is 4.74 Å². The van der Waals surface area contributed by atoms with Gasteiger partial charge in [0.25, 0.3) is 11.6 Å². The minimum absolute atomic E-state index is 0.0145. The summed E-state index contributed by atoms with van der Waals surface area (Å²) in [6, 6.07) is 5.49. The quantitative estimate of drug-likeness (QED) is 0.439. The van der Waals surface area contributed by atoms with Crippen molar-refractivity contribution in [1.82, 2.24) is 18.7 Å². The maximum atomic E-state index is 12.8. The van der Waals surface area contributed by atoms with Crippen LogP contribution < -0.4 is 21.3 Å². The van der Waals surface area contributed by atoms with Crippen LogP contribution in [0.4, 0.5) is 5.69 Å². The van der Waals surface area contributed by atoms with E-state index in [1.807, 2.05) is 13.0 Å².